The lowest BCUT2D eigenvalue weighted by Gasteiger charge is -2.12. The summed E-state index contributed by atoms with van der Waals surface area (Å²) in [5.74, 6) is -1.18. The minimum absolute atomic E-state index is 0.00718. The van der Waals surface area contributed by atoms with Crippen LogP contribution in [0, 0.1) is 0 Å². The van der Waals surface area contributed by atoms with E-state index in [0.717, 1.165) is 24.8 Å². The van der Waals surface area contributed by atoms with Crippen LogP contribution in [0.5, 0.6) is 5.75 Å². The number of sulfonamides is 1. The minimum Gasteiger partial charge on any atom is -0.495 e. The van der Waals surface area contributed by atoms with Gasteiger partial charge in [-0.2, -0.15) is 0 Å². The standard InChI is InChI=1S/C21H24N2O6S/c1-3-14-5-4-6-17(11-14)22-20(24)13-29-21(25)15-7-10-18(28-2)19(12-15)30(26,27)23-16-8-9-16/h4-7,10-12,16,23H,3,8-9,13H2,1-2H3,(H,22,24). The van der Waals surface area contributed by atoms with Gasteiger partial charge in [-0.3, -0.25) is 4.79 Å². The van der Waals surface area contributed by atoms with E-state index >= 15 is 0 Å². The maximum Gasteiger partial charge on any atom is 0.338 e. The quantitative estimate of drug-likeness (QED) is 0.589. The molecule has 0 aromatic heterocycles. The summed E-state index contributed by atoms with van der Waals surface area (Å²) in [5, 5.41) is 2.66. The third-order valence-electron chi connectivity index (χ3n) is 4.54. The number of nitrogens with one attached hydrogen (secondary N) is 2. The van der Waals surface area contributed by atoms with E-state index in [2.05, 4.69) is 10.0 Å². The third-order valence-corrected chi connectivity index (χ3v) is 6.08. The van der Waals surface area contributed by atoms with Gasteiger partial charge < -0.3 is 14.8 Å². The highest BCUT2D eigenvalue weighted by Gasteiger charge is 2.30. The smallest absolute Gasteiger partial charge is 0.338 e. The van der Waals surface area contributed by atoms with Crippen molar-refractivity contribution in [2.45, 2.75) is 37.1 Å². The summed E-state index contributed by atoms with van der Waals surface area (Å²) in [4.78, 5) is 24.3. The number of methoxy groups -OCH3 is 1. The van der Waals surface area contributed by atoms with E-state index < -0.39 is 28.5 Å². The molecule has 0 aliphatic heterocycles. The van der Waals surface area contributed by atoms with Crippen LogP contribution in [0.2, 0.25) is 0 Å². The molecule has 0 spiro atoms. The van der Waals surface area contributed by atoms with E-state index in [0.29, 0.717) is 5.69 Å². The molecule has 0 bridgehead atoms. The molecule has 30 heavy (non-hydrogen) atoms. The molecule has 8 nitrogen and oxygen atoms in total. The first-order valence-corrected chi connectivity index (χ1v) is 11.1. The van der Waals surface area contributed by atoms with Gasteiger partial charge in [0.25, 0.3) is 5.91 Å². The van der Waals surface area contributed by atoms with Crippen molar-refractivity contribution in [1.29, 1.82) is 0 Å². The predicted molar refractivity (Wildman–Crippen MR) is 111 cm³/mol. The molecule has 0 radical (unpaired) electrons. The maximum absolute atomic E-state index is 12.6. The van der Waals surface area contributed by atoms with Crippen LogP contribution in [0.1, 0.15) is 35.7 Å². The van der Waals surface area contributed by atoms with Crippen LogP contribution in [0.3, 0.4) is 0 Å². The van der Waals surface area contributed by atoms with Crippen LogP contribution in [-0.2, 0) is 26.0 Å². The van der Waals surface area contributed by atoms with Gasteiger partial charge in [0.1, 0.15) is 10.6 Å². The van der Waals surface area contributed by atoms with Crippen molar-refractivity contribution in [3.8, 4) is 5.75 Å². The topological polar surface area (TPSA) is 111 Å². The van der Waals surface area contributed by atoms with Gasteiger partial charge >= 0.3 is 5.97 Å². The summed E-state index contributed by atoms with van der Waals surface area (Å²) in [5.41, 5.74) is 1.68. The number of carbonyl (C=O) groups is 2. The summed E-state index contributed by atoms with van der Waals surface area (Å²) in [6, 6.07) is 11.2. The minimum atomic E-state index is -3.84. The van der Waals surface area contributed by atoms with Crippen molar-refractivity contribution in [2.24, 2.45) is 0 Å². The fourth-order valence-corrected chi connectivity index (χ4v) is 4.28. The van der Waals surface area contributed by atoms with Crippen LogP contribution in [0.4, 0.5) is 5.69 Å². The van der Waals surface area contributed by atoms with Crippen molar-refractivity contribution in [3.05, 3.63) is 53.6 Å². The average Bonchev–Trinajstić information content (AvgIpc) is 3.55. The lowest BCUT2D eigenvalue weighted by molar-refractivity contribution is -0.119. The van der Waals surface area contributed by atoms with E-state index in [9.17, 15) is 18.0 Å². The first-order chi connectivity index (χ1) is 14.3. The van der Waals surface area contributed by atoms with Crippen molar-refractivity contribution in [2.75, 3.05) is 19.0 Å². The fraction of sp³-hybridized carbons (Fsp3) is 0.333. The van der Waals surface area contributed by atoms with Crippen LogP contribution < -0.4 is 14.8 Å². The Morgan fingerprint density at radius 1 is 1.13 bits per heavy atom. The SMILES string of the molecule is CCc1cccc(NC(=O)COC(=O)c2ccc(OC)c(S(=O)(=O)NC3CC3)c2)c1. The van der Waals surface area contributed by atoms with Gasteiger partial charge in [-0.15, -0.1) is 0 Å². The van der Waals surface area contributed by atoms with Crippen molar-refractivity contribution < 1.29 is 27.5 Å². The molecule has 0 heterocycles. The van der Waals surface area contributed by atoms with E-state index in [-0.39, 0.29) is 22.3 Å². The Kier molecular flexibility index (Phi) is 6.73. The molecule has 2 aromatic carbocycles. The largest absolute Gasteiger partial charge is 0.495 e. The first kappa shape index (κ1) is 21.8. The van der Waals surface area contributed by atoms with Crippen LogP contribution in [0.25, 0.3) is 0 Å². The number of benzene rings is 2. The third kappa shape index (κ3) is 5.58. The van der Waals surface area contributed by atoms with Crippen LogP contribution >= 0.6 is 0 Å². The number of amides is 1. The number of hydrogen-bond donors (Lipinski definition) is 2. The number of rotatable bonds is 9. The highest BCUT2D eigenvalue weighted by molar-refractivity contribution is 7.89. The molecule has 0 saturated heterocycles. The molecule has 9 heteroatoms. The summed E-state index contributed by atoms with van der Waals surface area (Å²) in [6.07, 6.45) is 2.39. The van der Waals surface area contributed by atoms with Crippen LogP contribution in [0.15, 0.2) is 47.4 Å². The monoisotopic (exact) mass is 432 g/mol. The number of hydrogen-bond acceptors (Lipinski definition) is 6. The molecule has 0 unspecified atom stereocenters. The van der Waals surface area contributed by atoms with Gasteiger partial charge in [-0.05, 0) is 55.2 Å². The molecule has 160 valence electrons. The number of ether oxygens (including phenoxy) is 2. The molecular formula is C21H24N2O6S. The Morgan fingerprint density at radius 2 is 1.90 bits per heavy atom. The zero-order valence-electron chi connectivity index (χ0n) is 16.8. The maximum atomic E-state index is 12.6. The summed E-state index contributed by atoms with van der Waals surface area (Å²) >= 11 is 0. The second-order valence-electron chi connectivity index (χ2n) is 6.94. The van der Waals surface area contributed by atoms with E-state index in [1.165, 1.54) is 25.3 Å². The molecule has 1 aliphatic rings. The molecule has 1 aliphatic carbocycles. The zero-order valence-corrected chi connectivity index (χ0v) is 17.6. The van der Waals surface area contributed by atoms with Gasteiger partial charge in [-0.1, -0.05) is 19.1 Å². The number of anilines is 1. The molecule has 1 amide bonds. The van der Waals surface area contributed by atoms with Gasteiger partial charge in [-0.25, -0.2) is 17.9 Å². The number of esters is 1. The Bertz CT molecular complexity index is 1050. The van der Waals surface area contributed by atoms with Gasteiger partial charge in [0, 0.05) is 11.7 Å². The Balaban J connectivity index is 1.66. The molecule has 3 rings (SSSR count). The van der Waals surface area contributed by atoms with E-state index in [1.54, 1.807) is 6.07 Å². The van der Waals surface area contributed by atoms with Crippen molar-refractivity contribution >= 4 is 27.6 Å². The lowest BCUT2D eigenvalue weighted by atomic mass is 10.1. The Labute approximate surface area is 175 Å². The summed E-state index contributed by atoms with van der Waals surface area (Å²) in [7, 11) is -2.49. The molecular weight excluding hydrogens is 408 g/mol. The second kappa shape index (κ2) is 9.27. The number of carbonyl (C=O) groups excluding carboxylic acids is 2. The van der Waals surface area contributed by atoms with Crippen molar-refractivity contribution in [3.63, 3.8) is 0 Å². The highest BCUT2D eigenvalue weighted by Crippen LogP contribution is 2.28. The van der Waals surface area contributed by atoms with Gasteiger partial charge in [0.2, 0.25) is 10.0 Å². The lowest BCUT2D eigenvalue weighted by Crippen LogP contribution is -2.26. The van der Waals surface area contributed by atoms with Gasteiger partial charge in [0.15, 0.2) is 6.61 Å². The molecule has 0 atom stereocenters. The average molecular weight is 432 g/mol. The first-order valence-electron chi connectivity index (χ1n) is 9.58. The Morgan fingerprint density at radius 3 is 2.57 bits per heavy atom. The predicted octanol–water partition coefficient (Wildman–Crippen LogP) is 2.49. The van der Waals surface area contributed by atoms with Crippen LogP contribution in [-0.4, -0.2) is 40.1 Å². The van der Waals surface area contributed by atoms with E-state index in [4.69, 9.17) is 9.47 Å². The molecule has 2 aromatic rings. The second-order valence-corrected chi connectivity index (χ2v) is 8.62. The fourth-order valence-electron chi connectivity index (χ4n) is 2.78. The van der Waals surface area contributed by atoms with Crippen molar-refractivity contribution in [1.82, 2.24) is 4.72 Å². The molecule has 2 N–H and O–H groups in total. The summed E-state index contributed by atoms with van der Waals surface area (Å²) in [6.45, 7) is 1.51. The van der Waals surface area contributed by atoms with Gasteiger partial charge in [0.05, 0.1) is 12.7 Å². The zero-order chi connectivity index (χ0) is 21.7. The van der Waals surface area contributed by atoms with E-state index in [1.807, 2.05) is 25.1 Å². The number of aryl methyl sites for hydroxylation is 1. The Hall–Kier alpha value is -2.91. The summed E-state index contributed by atoms with van der Waals surface area (Å²) < 4.78 is 37.8. The highest BCUT2D eigenvalue weighted by atomic mass is 32.2. The normalized spacial score (nSPS) is 13.5. The molecule has 1 saturated carbocycles. The molecule has 1 fully saturated rings.